The molecule has 1 heterocycles. The number of benzene rings is 2. The largest absolute Gasteiger partial charge is 0.337 e. The van der Waals surface area contributed by atoms with Crippen molar-refractivity contribution in [3.05, 3.63) is 87.9 Å². The quantitative estimate of drug-likeness (QED) is 0.655. The first-order valence-corrected chi connectivity index (χ1v) is 9.08. The molecule has 3 aromatic rings. The Kier molecular flexibility index (Phi) is 6.04. The molecule has 0 saturated carbocycles. The van der Waals surface area contributed by atoms with Crippen molar-refractivity contribution < 1.29 is 4.79 Å². The van der Waals surface area contributed by atoms with E-state index in [4.69, 9.17) is 11.6 Å². The summed E-state index contributed by atoms with van der Waals surface area (Å²) in [6, 6.07) is 18.3. The molecule has 6 heteroatoms. The second-order valence-electron chi connectivity index (χ2n) is 6.14. The van der Waals surface area contributed by atoms with E-state index >= 15 is 0 Å². The van der Waals surface area contributed by atoms with Crippen LogP contribution in [-0.4, -0.2) is 26.9 Å². The molecule has 0 bridgehead atoms. The van der Waals surface area contributed by atoms with Gasteiger partial charge in [-0.15, -0.1) is 0 Å². The number of halogens is 1. The van der Waals surface area contributed by atoms with Crippen molar-refractivity contribution >= 4 is 17.5 Å². The topological polar surface area (TPSA) is 55.2 Å². The van der Waals surface area contributed by atoms with E-state index in [1.165, 1.54) is 17.0 Å². The van der Waals surface area contributed by atoms with Crippen LogP contribution in [0.1, 0.15) is 12.5 Å². The van der Waals surface area contributed by atoms with Crippen LogP contribution in [0.3, 0.4) is 0 Å². The number of likely N-dealkylation sites (N-methyl/N-ethyl adjacent to an activating group) is 1. The number of rotatable bonds is 6. The average Bonchev–Trinajstić information content (AvgIpc) is 2.69. The summed E-state index contributed by atoms with van der Waals surface area (Å²) in [5, 5.41) is 0.621. The van der Waals surface area contributed by atoms with Gasteiger partial charge in [-0.05, 0) is 24.6 Å². The molecule has 0 aliphatic rings. The van der Waals surface area contributed by atoms with E-state index in [1.54, 1.807) is 29.2 Å². The summed E-state index contributed by atoms with van der Waals surface area (Å²) in [6.07, 6.45) is 1.42. The Hall–Kier alpha value is -2.92. The maximum Gasteiger partial charge on any atom is 0.254 e. The van der Waals surface area contributed by atoms with Crippen LogP contribution in [0.2, 0.25) is 5.02 Å². The monoisotopic (exact) mass is 381 g/mol. The van der Waals surface area contributed by atoms with Crippen molar-refractivity contribution in [1.82, 2.24) is 14.5 Å². The van der Waals surface area contributed by atoms with Crippen molar-refractivity contribution in [2.24, 2.45) is 0 Å². The summed E-state index contributed by atoms with van der Waals surface area (Å²) in [6.45, 7) is 2.97. The number of nitrogens with zero attached hydrogens (tertiary/aromatic N) is 3. The molecule has 27 heavy (non-hydrogen) atoms. The molecular weight excluding hydrogens is 362 g/mol. The zero-order valence-electron chi connectivity index (χ0n) is 15.0. The molecule has 1 aromatic heterocycles. The molecule has 1 amide bonds. The van der Waals surface area contributed by atoms with Gasteiger partial charge in [0.2, 0.25) is 5.91 Å². The van der Waals surface area contributed by atoms with E-state index in [-0.39, 0.29) is 18.0 Å². The Morgan fingerprint density at radius 1 is 1.11 bits per heavy atom. The van der Waals surface area contributed by atoms with Gasteiger partial charge in [0.15, 0.2) is 0 Å². The fraction of sp³-hybridized carbons (Fsp3) is 0.190. The summed E-state index contributed by atoms with van der Waals surface area (Å²) < 4.78 is 1.33. The lowest BCUT2D eigenvalue weighted by Crippen LogP contribution is -2.36. The molecule has 3 rings (SSSR count). The molecule has 0 saturated heterocycles. The SMILES string of the molecule is CCN(Cc1ccccc1)C(=O)Cn1cnc(-c2ccc(Cl)cc2)cc1=O. The Bertz CT molecular complexity index is 969. The van der Waals surface area contributed by atoms with Crippen LogP contribution in [0.4, 0.5) is 0 Å². The number of amides is 1. The van der Waals surface area contributed by atoms with Crippen molar-refractivity contribution in [3.63, 3.8) is 0 Å². The predicted molar refractivity (Wildman–Crippen MR) is 106 cm³/mol. The predicted octanol–water partition coefficient (Wildman–Crippen LogP) is 3.61. The second kappa shape index (κ2) is 8.64. The molecule has 5 nitrogen and oxygen atoms in total. The van der Waals surface area contributed by atoms with Crippen LogP contribution >= 0.6 is 11.6 Å². The normalized spacial score (nSPS) is 10.6. The van der Waals surface area contributed by atoms with E-state index in [9.17, 15) is 9.59 Å². The minimum Gasteiger partial charge on any atom is -0.337 e. The van der Waals surface area contributed by atoms with Gasteiger partial charge >= 0.3 is 0 Å². The molecule has 0 N–H and O–H groups in total. The van der Waals surface area contributed by atoms with Crippen LogP contribution in [-0.2, 0) is 17.9 Å². The lowest BCUT2D eigenvalue weighted by molar-refractivity contribution is -0.132. The van der Waals surface area contributed by atoms with Crippen molar-refractivity contribution in [1.29, 1.82) is 0 Å². The zero-order valence-corrected chi connectivity index (χ0v) is 15.8. The highest BCUT2D eigenvalue weighted by Gasteiger charge is 2.14. The van der Waals surface area contributed by atoms with Gasteiger partial charge in [-0.25, -0.2) is 4.98 Å². The maximum absolute atomic E-state index is 12.6. The van der Waals surface area contributed by atoms with Gasteiger partial charge in [-0.1, -0.05) is 54.1 Å². The van der Waals surface area contributed by atoms with Crippen LogP contribution in [0.25, 0.3) is 11.3 Å². The first kappa shape index (κ1) is 18.9. The van der Waals surface area contributed by atoms with Crippen LogP contribution in [0, 0.1) is 0 Å². The molecular formula is C21H20ClN3O2. The van der Waals surface area contributed by atoms with Crippen molar-refractivity contribution in [3.8, 4) is 11.3 Å². The van der Waals surface area contributed by atoms with Gasteiger partial charge < -0.3 is 4.90 Å². The van der Waals surface area contributed by atoms with E-state index in [2.05, 4.69) is 4.98 Å². The highest BCUT2D eigenvalue weighted by Crippen LogP contribution is 2.18. The highest BCUT2D eigenvalue weighted by molar-refractivity contribution is 6.30. The van der Waals surface area contributed by atoms with Gasteiger partial charge in [0, 0.05) is 29.7 Å². The number of hydrogen-bond acceptors (Lipinski definition) is 3. The number of aromatic nitrogens is 2. The Balaban J connectivity index is 1.73. The van der Waals surface area contributed by atoms with Gasteiger partial charge in [0.25, 0.3) is 5.56 Å². The van der Waals surface area contributed by atoms with Crippen LogP contribution in [0.5, 0.6) is 0 Å². The number of hydrogen-bond donors (Lipinski definition) is 0. The minimum absolute atomic E-state index is 0.0343. The third-order valence-corrected chi connectivity index (χ3v) is 4.53. The van der Waals surface area contributed by atoms with Crippen LogP contribution in [0.15, 0.2) is 71.8 Å². The molecule has 0 radical (unpaired) electrons. The molecule has 0 aliphatic carbocycles. The second-order valence-corrected chi connectivity index (χ2v) is 6.58. The summed E-state index contributed by atoms with van der Waals surface area (Å²) in [4.78, 5) is 31.1. The molecule has 0 fully saturated rings. The first-order valence-electron chi connectivity index (χ1n) is 8.71. The molecule has 2 aromatic carbocycles. The number of carbonyl (C=O) groups is 1. The smallest absolute Gasteiger partial charge is 0.254 e. The lowest BCUT2D eigenvalue weighted by Gasteiger charge is -2.21. The molecule has 0 atom stereocenters. The third kappa shape index (κ3) is 4.83. The van der Waals surface area contributed by atoms with Gasteiger partial charge in [-0.2, -0.15) is 0 Å². The van der Waals surface area contributed by atoms with E-state index < -0.39 is 0 Å². The summed E-state index contributed by atoms with van der Waals surface area (Å²) in [5.41, 5.74) is 2.14. The Morgan fingerprint density at radius 2 is 1.81 bits per heavy atom. The zero-order chi connectivity index (χ0) is 19.2. The summed E-state index contributed by atoms with van der Waals surface area (Å²) in [5.74, 6) is -0.121. The molecule has 0 aliphatic heterocycles. The number of carbonyl (C=O) groups excluding carboxylic acids is 1. The van der Waals surface area contributed by atoms with Gasteiger partial charge in [0.1, 0.15) is 6.54 Å². The van der Waals surface area contributed by atoms with Crippen molar-refractivity contribution in [2.75, 3.05) is 6.54 Å². The Labute approximate surface area is 162 Å². The van der Waals surface area contributed by atoms with E-state index in [0.717, 1.165) is 11.1 Å². The molecule has 138 valence electrons. The molecule has 0 spiro atoms. The fourth-order valence-corrected chi connectivity index (χ4v) is 2.88. The molecule has 0 unspecified atom stereocenters. The van der Waals surface area contributed by atoms with Crippen molar-refractivity contribution in [2.45, 2.75) is 20.0 Å². The van der Waals surface area contributed by atoms with Crippen LogP contribution < -0.4 is 5.56 Å². The third-order valence-electron chi connectivity index (χ3n) is 4.28. The Morgan fingerprint density at radius 3 is 2.44 bits per heavy atom. The lowest BCUT2D eigenvalue weighted by atomic mass is 10.1. The summed E-state index contributed by atoms with van der Waals surface area (Å²) in [7, 11) is 0. The highest BCUT2D eigenvalue weighted by atomic mass is 35.5. The first-order chi connectivity index (χ1) is 13.1. The summed E-state index contributed by atoms with van der Waals surface area (Å²) >= 11 is 5.89. The average molecular weight is 382 g/mol. The maximum atomic E-state index is 12.6. The minimum atomic E-state index is -0.265. The van der Waals surface area contributed by atoms with Gasteiger partial charge in [0.05, 0.1) is 12.0 Å². The van der Waals surface area contributed by atoms with E-state index in [0.29, 0.717) is 23.8 Å². The fourth-order valence-electron chi connectivity index (χ4n) is 2.75. The van der Waals surface area contributed by atoms with E-state index in [1.807, 2.05) is 37.3 Å². The standard InChI is InChI=1S/C21H20ClN3O2/c1-2-24(13-16-6-4-3-5-7-16)21(27)14-25-15-23-19(12-20(25)26)17-8-10-18(22)11-9-17/h3-12,15H,2,13-14H2,1H3. The van der Waals surface area contributed by atoms with Gasteiger partial charge in [-0.3, -0.25) is 14.2 Å².